The van der Waals surface area contributed by atoms with Crippen LogP contribution >= 0.6 is 0 Å². The summed E-state index contributed by atoms with van der Waals surface area (Å²) in [6.07, 6.45) is 1.64. The van der Waals surface area contributed by atoms with Crippen LogP contribution in [0.1, 0.15) is 38.3 Å². The first-order chi connectivity index (χ1) is 14.9. The van der Waals surface area contributed by atoms with Crippen molar-refractivity contribution < 1.29 is 9.53 Å². The van der Waals surface area contributed by atoms with E-state index in [1.165, 1.54) is 0 Å². The van der Waals surface area contributed by atoms with Gasteiger partial charge in [0.05, 0.1) is 18.1 Å². The van der Waals surface area contributed by atoms with E-state index in [1.807, 2.05) is 18.4 Å². The Hall–Kier alpha value is -3.73. The van der Waals surface area contributed by atoms with Gasteiger partial charge in [-0.15, -0.1) is 0 Å². The Bertz CT molecular complexity index is 1350. The Balaban J connectivity index is 1.89. The fourth-order valence-corrected chi connectivity index (χ4v) is 3.69. The van der Waals surface area contributed by atoms with Crippen LogP contribution in [0.2, 0.25) is 0 Å². The van der Waals surface area contributed by atoms with E-state index in [9.17, 15) is 9.59 Å². The number of fused-ring (bicyclic) bond motifs is 1. The highest BCUT2D eigenvalue weighted by atomic mass is 16.5. The minimum Gasteiger partial charge on any atom is -0.497 e. The highest BCUT2D eigenvalue weighted by Crippen LogP contribution is 2.19. The van der Waals surface area contributed by atoms with Gasteiger partial charge in [-0.1, -0.05) is 23.8 Å². The molecule has 0 N–H and O–H groups in total. The number of nitrogens with zero attached hydrogens (tertiary/aromatic N) is 2. The van der Waals surface area contributed by atoms with Crippen LogP contribution in [0.25, 0.3) is 11.0 Å². The third kappa shape index (κ3) is 3.99. The van der Waals surface area contributed by atoms with Gasteiger partial charge >= 0.3 is 0 Å². The van der Waals surface area contributed by atoms with Gasteiger partial charge in [-0.25, -0.2) is 4.98 Å². The zero-order valence-corrected chi connectivity index (χ0v) is 18.1. The van der Waals surface area contributed by atoms with Crippen LogP contribution in [0.15, 0.2) is 65.6 Å². The Labute approximate surface area is 181 Å². The highest BCUT2D eigenvalue weighted by molar-refractivity contribution is 6.10. The second-order valence-electron chi connectivity index (χ2n) is 7.81. The van der Waals surface area contributed by atoms with Gasteiger partial charge in [-0.3, -0.25) is 9.59 Å². The predicted octanol–water partition coefficient (Wildman–Crippen LogP) is 4.61. The Morgan fingerprint density at radius 1 is 1.00 bits per heavy atom. The maximum Gasteiger partial charge on any atom is 0.202 e. The van der Waals surface area contributed by atoms with Crippen molar-refractivity contribution in [2.24, 2.45) is 0 Å². The van der Waals surface area contributed by atoms with Crippen LogP contribution < -0.4 is 10.2 Å². The highest BCUT2D eigenvalue weighted by Gasteiger charge is 2.18. The van der Waals surface area contributed by atoms with E-state index < -0.39 is 0 Å². The zero-order chi connectivity index (χ0) is 22.1. The van der Waals surface area contributed by atoms with Crippen LogP contribution in [0.3, 0.4) is 0 Å². The molecule has 4 aromatic rings. The van der Waals surface area contributed by atoms with Crippen molar-refractivity contribution in [3.05, 3.63) is 105 Å². The Morgan fingerprint density at radius 3 is 2.45 bits per heavy atom. The SMILES string of the molecule is COc1ccc(C(=O)c2cn(Cc3cc(C)ccc3C)c3nc(C)ccc3c2=O)cc1. The second kappa shape index (κ2) is 8.19. The van der Waals surface area contributed by atoms with Gasteiger partial charge < -0.3 is 9.30 Å². The third-order valence-corrected chi connectivity index (χ3v) is 5.50. The van der Waals surface area contributed by atoms with Crippen molar-refractivity contribution >= 4 is 16.8 Å². The Kier molecular flexibility index (Phi) is 5.42. The summed E-state index contributed by atoms with van der Waals surface area (Å²) >= 11 is 0. The van der Waals surface area contributed by atoms with E-state index in [0.29, 0.717) is 28.9 Å². The summed E-state index contributed by atoms with van der Waals surface area (Å²) < 4.78 is 7.07. The number of carbonyl (C=O) groups excluding carboxylic acids is 1. The molecule has 0 fully saturated rings. The van der Waals surface area contributed by atoms with Gasteiger partial charge in [0, 0.05) is 24.0 Å². The lowest BCUT2D eigenvalue weighted by Crippen LogP contribution is -2.21. The average molecular weight is 412 g/mol. The molecule has 0 aliphatic heterocycles. The predicted molar refractivity (Wildman–Crippen MR) is 122 cm³/mol. The topological polar surface area (TPSA) is 61.2 Å². The smallest absolute Gasteiger partial charge is 0.202 e. The van der Waals surface area contributed by atoms with Crippen LogP contribution in [0.4, 0.5) is 0 Å². The van der Waals surface area contributed by atoms with Gasteiger partial charge in [0.2, 0.25) is 5.43 Å². The molecule has 5 heteroatoms. The maximum absolute atomic E-state index is 13.2. The molecule has 2 aromatic heterocycles. The number of hydrogen-bond donors (Lipinski definition) is 0. The summed E-state index contributed by atoms with van der Waals surface area (Å²) in [7, 11) is 1.57. The van der Waals surface area contributed by atoms with Gasteiger partial charge in [0.15, 0.2) is 5.78 Å². The van der Waals surface area contributed by atoms with E-state index in [2.05, 4.69) is 30.1 Å². The average Bonchev–Trinajstić information content (AvgIpc) is 2.77. The van der Waals surface area contributed by atoms with Gasteiger partial charge in [-0.05, 0) is 68.3 Å². The minimum absolute atomic E-state index is 0.133. The molecule has 0 unspecified atom stereocenters. The summed E-state index contributed by atoms with van der Waals surface area (Å²) in [4.78, 5) is 31.0. The van der Waals surface area contributed by atoms with Crippen molar-refractivity contribution in [3.8, 4) is 5.75 Å². The lowest BCUT2D eigenvalue weighted by Gasteiger charge is -2.15. The molecule has 0 atom stereocenters. The number of benzene rings is 2. The second-order valence-corrected chi connectivity index (χ2v) is 7.81. The molecule has 0 spiro atoms. The van der Waals surface area contributed by atoms with E-state index in [0.717, 1.165) is 22.4 Å². The molecule has 4 rings (SSSR count). The van der Waals surface area contributed by atoms with Crippen molar-refractivity contribution in [1.82, 2.24) is 9.55 Å². The number of hydrogen-bond acceptors (Lipinski definition) is 4. The standard InChI is InChI=1S/C26H24N2O3/c1-16-5-6-17(2)20(13-16)14-28-15-23(24(29)19-8-10-21(31-4)11-9-19)25(30)22-12-7-18(3)27-26(22)28/h5-13,15H,14H2,1-4H3. The number of aryl methyl sites for hydroxylation is 3. The molecule has 0 bridgehead atoms. The first-order valence-electron chi connectivity index (χ1n) is 10.1. The van der Waals surface area contributed by atoms with Crippen molar-refractivity contribution in [3.63, 3.8) is 0 Å². The third-order valence-electron chi connectivity index (χ3n) is 5.50. The minimum atomic E-state index is -0.315. The van der Waals surface area contributed by atoms with E-state index in [1.54, 1.807) is 49.7 Å². The molecular formula is C26H24N2O3. The lowest BCUT2D eigenvalue weighted by molar-refractivity contribution is 0.103. The van der Waals surface area contributed by atoms with Gasteiger partial charge in [0.25, 0.3) is 0 Å². The van der Waals surface area contributed by atoms with E-state index in [-0.39, 0.29) is 16.8 Å². The fraction of sp³-hybridized carbons (Fsp3) is 0.192. The quantitative estimate of drug-likeness (QED) is 0.449. The number of ether oxygens (including phenoxy) is 1. The van der Waals surface area contributed by atoms with Crippen LogP contribution in [-0.2, 0) is 6.54 Å². The Morgan fingerprint density at radius 2 is 1.74 bits per heavy atom. The fourth-order valence-electron chi connectivity index (χ4n) is 3.69. The van der Waals surface area contributed by atoms with Crippen LogP contribution in [0, 0.1) is 20.8 Å². The monoisotopic (exact) mass is 412 g/mol. The number of pyridine rings is 2. The zero-order valence-electron chi connectivity index (χ0n) is 18.1. The molecule has 5 nitrogen and oxygen atoms in total. The number of carbonyl (C=O) groups is 1. The normalized spacial score (nSPS) is 11.0. The molecule has 31 heavy (non-hydrogen) atoms. The lowest BCUT2D eigenvalue weighted by atomic mass is 10.0. The van der Waals surface area contributed by atoms with Crippen LogP contribution in [0.5, 0.6) is 5.75 Å². The van der Waals surface area contributed by atoms with Crippen molar-refractivity contribution in [1.29, 1.82) is 0 Å². The summed E-state index contributed by atoms with van der Waals surface area (Å²) in [6.45, 7) is 6.52. The summed E-state index contributed by atoms with van der Waals surface area (Å²) in [6, 6.07) is 16.6. The van der Waals surface area contributed by atoms with E-state index in [4.69, 9.17) is 4.74 Å². The molecule has 0 aliphatic carbocycles. The van der Waals surface area contributed by atoms with Crippen molar-refractivity contribution in [2.45, 2.75) is 27.3 Å². The number of rotatable bonds is 5. The molecule has 0 amide bonds. The van der Waals surface area contributed by atoms with Crippen molar-refractivity contribution in [2.75, 3.05) is 7.11 Å². The summed E-state index contributed by atoms with van der Waals surface area (Å²) in [5.41, 5.74) is 5.09. The molecule has 0 radical (unpaired) electrons. The maximum atomic E-state index is 13.2. The van der Waals surface area contributed by atoms with Crippen LogP contribution in [-0.4, -0.2) is 22.4 Å². The molecule has 0 saturated carbocycles. The molecule has 2 heterocycles. The van der Waals surface area contributed by atoms with Gasteiger partial charge in [-0.2, -0.15) is 0 Å². The number of methoxy groups -OCH3 is 1. The molecule has 0 aliphatic rings. The van der Waals surface area contributed by atoms with Gasteiger partial charge in [0.1, 0.15) is 11.4 Å². The van der Waals surface area contributed by atoms with E-state index >= 15 is 0 Å². The summed E-state index contributed by atoms with van der Waals surface area (Å²) in [5.74, 6) is 0.340. The number of ketones is 1. The number of aromatic nitrogens is 2. The molecule has 0 saturated heterocycles. The first kappa shape index (κ1) is 20.5. The summed E-state index contributed by atoms with van der Waals surface area (Å²) in [5, 5.41) is 0.440. The molecule has 156 valence electrons. The molecule has 2 aromatic carbocycles. The first-order valence-corrected chi connectivity index (χ1v) is 10.1. The largest absolute Gasteiger partial charge is 0.497 e. The molecular weight excluding hydrogens is 388 g/mol.